The summed E-state index contributed by atoms with van der Waals surface area (Å²) in [5, 5.41) is 0. The first-order valence-electron chi connectivity index (χ1n) is 6.25. The maximum Gasteiger partial charge on any atom is 0.139 e. The Morgan fingerprint density at radius 1 is 1.35 bits per heavy atom. The first kappa shape index (κ1) is 12.1. The van der Waals surface area contributed by atoms with Crippen LogP contribution in [0.25, 0.3) is 0 Å². The molecule has 2 rings (SSSR count). The van der Waals surface area contributed by atoms with Crippen LogP contribution in [-0.4, -0.2) is 37.5 Å². The minimum absolute atomic E-state index is 0.0218. The van der Waals surface area contributed by atoms with Crippen molar-refractivity contribution in [3.8, 4) is 0 Å². The van der Waals surface area contributed by atoms with Gasteiger partial charge in [0.15, 0.2) is 0 Å². The zero-order valence-corrected chi connectivity index (χ0v) is 10.6. The summed E-state index contributed by atoms with van der Waals surface area (Å²) in [6, 6.07) is 10.3. The summed E-state index contributed by atoms with van der Waals surface area (Å²) in [5.41, 5.74) is 1.18. The first-order valence-corrected chi connectivity index (χ1v) is 6.25. The largest absolute Gasteiger partial charge is 0.366 e. The van der Waals surface area contributed by atoms with Gasteiger partial charge in [0.2, 0.25) is 0 Å². The molecule has 3 nitrogen and oxygen atoms in total. The van der Waals surface area contributed by atoms with Gasteiger partial charge in [-0.15, -0.1) is 0 Å². The molecular weight excluding hydrogens is 212 g/mol. The Morgan fingerprint density at radius 2 is 2.12 bits per heavy atom. The van der Waals surface area contributed by atoms with E-state index in [0.717, 1.165) is 25.3 Å². The van der Waals surface area contributed by atoms with Crippen molar-refractivity contribution in [2.24, 2.45) is 4.99 Å². The molecule has 17 heavy (non-hydrogen) atoms. The fraction of sp³-hybridized carbons (Fsp3) is 0.500. The van der Waals surface area contributed by atoms with Crippen LogP contribution < -0.4 is 0 Å². The van der Waals surface area contributed by atoms with Crippen LogP contribution >= 0.6 is 0 Å². The van der Waals surface area contributed by atoms with Gasteiger partial charge >= 0.3 is 0 Å². The Hall–Kier alpha value is -1.35. The van der Waals surface area contributed by atoms with E-state index in [0.29, 0.717) is 6.61 Å². The van der Waals surface area contributed by atoms with Gasteiger partial charge in [0.1, 0.15) is 11.9 Å². The van der Waals surface area contributed by atoms with Crippen LogP contribution in [0.2, 0.25) is 0 Å². The third kappa shape index (κ3) is 2.86. The van der Waals surface area contributed by atoms with E-state index in [9.17, 15) is 0 Å². The van der Waals surface area contributed by atoms with Crippen molar-refractivity contribution in [2.45, 2.75) is 19.4 Å². The van der Waals surface area contributed by atoms with E-state index in [1.807, 2.05) is 25.1 Å². The first-order chi connectivity index (χ1) is 8.33. The van der Waals surface area contributed by atoms with Crippen LogP contribution in [0.5, 0.6) is 0 Å². The molecule has 0 saturated heterocycles. The molecule has 0 spiro atoms. The minimum atomic E-state index is -0.0218. The summed E-state index contributed by atoms with van der Waals surface area (Å²) in [6.45, 7) is 4.71. The van der Waals surface area contributed by atoms with Crippen LogP contribution in [0.1, 0.15) is 25.0 Å². The molecule has 1 heterocycles. The van der Waals surface area contributed by atoms with Crippen LogP contribution in [0, 0.1) is 0 Å². The Morgan fingerprint density at radius 3 is 2.76 bits per heavy atom. The highest BCUT2D eigenvalue weighted by Gasteiger charge is 2.23. The van der Waals surface area contributed by atoms with Crippen molar-refractivity contribution in [3.63, 3.8) is 0 Å². The molecule has 0 N–H and O–H groups in total. The molecule has 0 aromatic heterocycles. The Labute approximate surface area is 103 Å². The summed E-state index contributed by atoms with van der Waals surface area (Å²) >= 11 is 0. The molecule has 1 aliphatic rings. The van der Waals surface area contributed by atoms with Crippen molar-refractivity contribution >= 4 is 5.84 Å². The molecule has 0 bridgehead atoms. The maximum absolute atomic E-state index is 5.87. The normalized spacial score (nSPS) is 17.8. The molecule has 1 aromatic carbocycles. The van der Waals surface area contributed by atoms with Gasteiger partial charge in [0.25, 0.3) is 0 Å². The van der Waals surface area contributed by atoms with Gasteiger partial charge in [0.05, 0.1) is 0 Å². The van der Waals surface area contributed by atoms with Crippen molar-refractivity contribution in [1.82, 2.24) is 4.90 Å². The second-order valence-corrected chi connectivity index (χ2v) is 4.26. The lowest BCUT2D eigenvalue weighted by molar-refractivity contribution is 0.100. The molecule has 0 saturated carbocycles. The van der Waals surface area contributed by atoms with Gasteiger partial charge in [-0.1, -0.05) is 30.3 Å². The molecule has 0 fully saturated rings. The van der Waals surface area contributed by atoms with Gasteiger partial charge in [-0.2, -0.15) is 0 Å². The highest BCUT2D eigenvalue weighted by molar-refractivity contribution is 5.88. The van der Waals surface area contributed by atoms with Crippen molar-refractivity contribution in [1.29, 1.82) is 0 Å². The molecule has 1 atom stereocenters. The minimum Gasteiger partial charge on any atom is -0.366 e. The molecule has 92 valence electrons. The molecule has 3 heteroatoms. The summed E-state index contributed by atoms with van der Waals surface area (Å²) in [6.07, 6.45) is 1.11. The van der Waals surface area contributed by atoms with Gasteiger partial charge < -0.3 is 9.64 Å². The second kappa shape index (κ2) is 5.82. The molecule has 0 radical (unpaired) electrons. The standard InChI is InChI=1S/C14H20N2O/c1-3-17-13(12-8-5-4-6-9-12)14-15-10-7-11-16(14)2/h4-6,8-9,13H,3,7,10-11H2,1-2H3/t13-/m0/s1. The molecule has 1 aromatic rings. The number of amidine groups is 1. The average Bonchev–Trinajstić information content (AvgIpc) is 2.38. The Balaban J connectivity index is 2.25. The highest BCUT2D eigenvalue weighted by atomic mass is 16.5. The van der Waals surface area contributed by atoms with Gasteiger partial charge in [-0.3, -0.25) is 4.99 Å². The zero-order valence-electron chi connectivity index (χ0n) is 10.6. The van der Waals surface area contributed by atoms with Crippen LogP contribution in [0.15, 0.2) is 35.3 Å². The lowest BCUT2D eigenvalue weighted by Gasteiger charge is -2.30. The van der Waals surface area contributed by atoms with Gasteiger partial charge in [-0.05, 0) is 18.9 Å². The van der Waals surface area contributed by atoms with Crippen molar-refractivity contribution in [2.75, 3.05) is 26.7 Å². The predicted molar refractivity (Wildman–Crippen MR) is 70.4 cm³/mol. The number of hydrogen-bond acceptors (Lipinski definition) is 3. The third-order valence-corrected chi connectivity index (χ3v) is 2.99. The fourth-order valence-electron chi connectivity index (χ4n) is 2.13. The number of aliphatic imine (C=N–C) groups is 1. The summed E-state index contributed by atoms with van der Waals surface area (Å²) in [5.74, 6) is 1.06. The van der Waals surface area contributed by atoms with Crippen molar-refractivity contribution in [3.05, 3.63) is 35.9 Å². The quantitative estimate of drug-likeness (QED) is 0.796. The Bertz CT molecular complexity index is 375. The van der Waals surface area contributed by atoms with E-state index < -0.39 is 0 Å². The smallest absolute Gasteiger partial charge is 0.139 e. The lowest BCUT2D eigenvalue weighted by Crippen LogP contribution is -2.37. The second-order valence-electron chi connectivity index (χ2n) is 4.26. The molecule has 0 amide bonds. The van der Waals surface area contributed by atoms with E-state index in [2.05, 4.69) is 29.1 Å². The average molecular weight is 232 g/mol. The van der Waals surface area contributed by atoms with Crippen LogP contribution in [0.4, 0.5) is 0 Å². The van der Waals surface area contributed by atoms with E-state index in [1.54, 1.807) is 0 Å². The monoisotopic (exact) mass is 232 g/mol. The Kier molecular flexibility index (Phi) is 4.15. The zero-order chi connectivity index (χ0) is 12.1. The van der Waals surface area contributed by atoms with Crippen LogP contribution in [-0.2, 0) is 4.74 Å². The SMILES string of the molecule is CCO[C@H](C1=NCCCN1C)c1ccccc1. The van der Waals surface area contributed by atoms with E-state index >= 15 is 0 Å². The fourth-order valence-corrected chi connectivity index (χ4v) is 2.13. The highest BCUT2D eigenvalue weighted by Crippen LogP contribution is 2.22. The maximum atomic E-state index is 5.87. The van der Waals surface area contributed by atoms with E-state index in [-0.39, 0.29) is 6.10 Å². The number of rotatable bonds is 4. The predicted octanol–water partition coefficient (Wildman–Crippen LogP) is 2.50. The van der Waals surface area contributed by atoms with Gasteiger partial charge in [-0.25, -0.2) is 0 Å². The van der Waals surface area contributed by atoms with E-state index in [1.165, 1.54) is 5.56 Å². The molecule has 1 aliphatic heterocycles. The van der Waals surface area contributed by atoms with Crippen LogP contribution in [0.3, 0.4) is 0 Å². The lowest BCUT2D eigenvalue weighted by atomic mass is 10.1. The molecule has 0 unspecified atom stereocenters. The summed E-state index contributed by atoms with van der Waals surface area (Å²) in [4.78, 5) is 6.83. The molecular formula is C14H20N2O. The summed E-state index contributed by atoms with van der Waals surface area (Å²) in [7, 11) is 2.09. The number of hydrogen-bond donors (Lipinski definition) is 0. The van der Waals surface area contributed by atoms with Crippen molar-refractivity contribution < 1.29 is 4.74 Å². The topological polar surface area (TPSA) is 24.8 Å². The third-order valence-electron chi connectivity index (χ3n) is 2.99. The number of ether oxygens (including phenoxy) is 1. The van der Waals surface area contributed by atoms with E-state index in [4.69, 9.17) is 4.74 Å². The number of nitrogens with zero attached hydrogens (tertiary/aromatic N) is 2. The number of likely N-dealkylation sites (N-methyl/N-ethyl adjacent to an activating group) is 1. The summed E-state index contributed by atoms with van der Waals surface area (Å²) < 4.78 is 5.87. The molecule has 0 aliphatic carbocycles. The number of benzene rings is 1. The van der Waals surface area contributed by atoms with Gasteiger partial charge in [0, 0.05) is 26.7 Å².